The van der Waals surface area contributed by atoms with E-state index in [1.165, 1.54) is 61.4 Å². The summed E-state index contributed by atoms with van der Waals surface area (Å²) in [7, 11) is 0. The summed E-state index contributed by atoms with van der Waals surface area (Å²) in [4.78, 5) is 9.69. The molecule has 2 bridgehead atoms. The zero-order valence-electron chi connectivity index (χ0n) is 14.6. The summed E-state index contributed by atoms with van der Waals surface area (Å²) in [6.45, 7) is 8.17. The van der Waals surface area contributed by atoms with Crippen molar-refractivity contribution in [2.75, 3.05) is 37.6 Å². The molecular formula is C21H27N3. The minimum atomic E-state index is 0. The second kappa shape index (κ2) is 7.35. The lowest BCUT2D eigenvalue weighted by Crippen LogP contribution is -2.35. The smallest absolute Gasteiger partial charge is 0.0559 e. The van der Waals surface area contributed by atoms with Crippen LogP contribution in [0, 0.1) is 20.3 Å². The Hall–Kier alpha value is -1.87. The molecule has 2 aliphatic rings. The summed E-state index contributed by atoms with van der Waals surface area (Å²) in [5.74, 6) is 0.814. The van der Waals surface area contributed by atoms with E-state index in [2.05, 4.69) is 52.0 Å². The first kappa shape index (κ1) is 17.0. The quantitative estimate of drug-likeness (QED) is 0.836. The Bertz CT molecular complexity index is 665. The second-order valence-corrected chi connectivity index (χ2v) is 7.05. The maximum Gasteiger partial charge on any atom is 0.0559 e. The zero-order valence-corrected chi connectivity index (χ0v) is 14.6. The Balaban J connectivity index is 0.00000169. The summed E-state index contributed by atoms with van der Waals surface area (Å²) in [6.07, 6.45) is 6.74. The average Bonchev–Trinajstić information content (AvgIpc) is 2.73. The monoisotopic (exact) mass is 321 g/mol. The predicted molar refractivity (Wildman–Crippen MR) is 101 cm³/mol. The van der Waals surface area contributed by atoms with Gasteiger partial charge in [0, 0.05) is 37.9 Å². The lowest BCUT2D eigenvalue weighted by Gasteiger charge is -2.29. The van der Waals surface area contributed by atoms with Gasteiger partial charge in [-0.05, 0) is 43.9 Å². The number of aromatic nitrogens is 1. The molecule has 3 nitrogen and oxygen atoms in total. The molecule has 126 valence electrons. The number of hydrogen-bond donors (Lipinski definition) is 0. The molecule has 2 radical (unpaired) electrons. The van der Waals surface area contributed by atoms with Crippen molar-refractivity contribution in [3.8, 4) is 11.1 Å². The van der Waals surface area contributed by atoms with E-state index in [4.69, 9.17) is 0 Å². The second-order valence-electron chi connectivity index (χ2n) is 7.05. The molecule has 2 aliphatic heterocycles. The van der Waals surface area contributed by atoms with Crippen molar-refractivity contribution in [1.29, 1.82) is 0 Å². The van der Waals surface area contributed by atoms with Gasteiger partial charge in [0.2, 0.25) is 0 Å². The van der Waals surface area contributed by atoms with E-state index in [-0.39, 0.29) is 7.43 Å². The van der Waals surface area contributed by atoms with E-state index in [1.54, 1.807) is 0 Å². The van der Waals surface area contributed by atoms with Gasteiger partial charge in [-0.3, -0.25) is 4.98 Å². The molecule has 4 rings (SSSR count). The molecule has 2 atom stereocenters. The third kappa shape index (κ3) is 3.62. The fourth-order valence-corrected chi connectivity index (χ4v) is 3.91. The van der Waals surface area contributed by atoms with Gasteiger partial charge in [0.15, 0.2) is 0 Å². The first-order chi connectivity index (χ1) is 11.3. The number of anilines is 1. The minimum absolute atomic E-state index is 0. The Morgan fingerprint density at radius 2 is 1.79 bits per heavy atom. The van der Waals surface area contributed by atoms with Crippen LogP contribution in [0.25, 0.3) is 11.1 Å². The third-order valence-electron chi connectivity index (χ3n) is 5.24. The van der Waals surface area contributed by atoms with Crippen LogP contribution in [0.5, 0.6) is 0 Å². The van der Waals surface area contributed by atoms with Gasteiger partial charge < -0.3 is 9.80 Å². The van der Waals surface area contributed by atoms with Crippen molar-refractivity contribution >= 4 is 5.69 Å². The standard InChI is InChI=1S/C20H25N3.CH2/c1-16-4-6-18(7-5-16)19-11-20(13-21-12-19)23-10-9-22-8-2-3-17(14-22)15-23;/h4-7,11-13,17H,2-3,8-10,14-15H2,1H3;1H2. The predicted octanol–water partition coefficient (Wildman–Crippen LogP) is 3.92. The molecule has 3 heteroatoms. The van der Waals surface area contributed by atoms with Gasteiger partial charge >= 0.3 is 0 Å². The Morgan fingerprint density at radius 1 is 0.958 bits per heavy atom. The van der Waals surface area contributed by atoms with Crippen LogP contribution in [0.1, 0.15) is 18.4 Å². The number of hydrogen-bond acceptors (Lipinski definition) is 3. The van der Waals surface area contributed by atoms with E-state index in [1.807, 2.05) is 12.4 Å². The van der Waals surface area contributed by atoms with E-state index >= 15 is 0 Å². The molecule has 2 saturated heterocycles. The van der Waals surface area contributed by atoms with Crippen LogP contribution in [0.3, 0.4) is 0 Å². The van der Waals surface area contributed by atoms with Crippen LogP contribution in [0.4, 0.5) is 5.69 Å². The summed E-state index contributed by atoms with van der Waals surface area (Å²) in [5.41, 5.74) is 5.04. The van der Waals surface area contributed by atoms with Crippen molar-refractivity contribution in [2.24, 2.45) is 5.92 Å². The van der Waals surface area contributed by atoms with Gasteiger partial charge in [0.25, 0.3) is 0 Å². The highest BCUT2D eigenvalue weighted by Gasteiger charge is 2.26. The number of piperidine rings is 1. The molecule has 0 N–H and O–H groups in total. The molecule has 2 aromatic rings. The molecule has 2 fully saturated rings. The van der Waals surface area contributed by atoms with E-state index in [9.17, 15) is 0 Å². The van der Waals surface area contributed by atoms with Crippen LogP contribution >= 0.6 is 0 Å². The zero-order chi connectivity index (χ0) is 15.6. The number of nitrogens with zero attached hydrogens (tertiary/aromatic N) is 3. The fraction of sp³-hybridized carbons (Fsp3) is 0.429. The highest BCUT2D eigenvalue weighted by atomic mass is 15.2. The van der Waals surface area contributed by atoms with Crippen molar-refractivity contribution in [2.45, 2.75) is 19.8 Å². The summed E-state index contributed by atoms with van der Waals surface area (Å²) in [5, 5.41) is 0. The number of pyridine rings is 1. The largest absolute Gasteiger partial charge is 0.369 e. The molecule has 3 heterocycles. The SMILES string of the molecule is Cc1ccc(-c2cncc(N3CCN4CCCC(C4)C3)c2)cc1.[CH2]. The van der Waals surface area contributed by atoms with E-state index in [0.717, 1.165) is 12.5 Å². The fourth-order valence-electron chi connectivity index (χ4n) is 3.91. The Morgan fingerprint density at radius 3 is 2.62 bits per heavy atom. The molecule has 24 heavy (non-hydrogen) atoms. The molecule has 2 unspecified atom stereocenters. The average molecular weight is 321 g/mol. The number of aryl methyl sites for hydroxylation is 1. The van der Waals surface area contributed by atoms with Crippen molar-refractivity contribution < 1.29 is 0 Å². The van der Waals surface area contributed by atoms with Gasteiger partial charge in [-0.1, -0.05) is 37.3 Å². The van der Waals surface area contributed by atoms with Crippen molar-refractivity contribution in [3.63, 3.8) is 0 Å². The molecule has 1 aromatic carbocycles. The molecule has 0 spiro atoms. The van der Waals surface area contributed by atoms with Gasteiger partial charge in [-0.2, -0.15) is 0 Å². The van der Waals surface area contributed by atoms with E-state index < -0.39 is 0 Å². The van der Waals surface area contributed by atoms with Gasteiger partial charge in [-0.25, -0.2) is 0 Å². The molecular weight excluding hydrogens is 294 g/mol. The topological polar surface area (TPSA) is 19.4 Å². The number of benzene rings is 1. The highest BCUT2D eigenvalue weighted by molar-refractivity contribution is 5.67. The summed E-state index contributed by atoms with van der Waals surface area (Å²) in [6, 6.07) is 11.0. The molecule has 0 saturated carbocycles. The minimum Gasteiger partial charge on any atom is -0.369 e. The maximum atomic E-state index is 4.52. The molecule has 1 aromatic heterocycles. The van der Waals surface area contributed by atoms with Crippen LogP contribution < -0.4 is 4.90 Å². The Kier molecular flexibility index (Phi) is 5.20. The molecule has 0 aliphatic carbocycles. The van der Waals surface area contributed by atoms with Crippen LogP contribution in [0.15, 0.2) is 42.7 Å². The van der Waals surface area contributed by atoms with Gasteiger partial charge in [0.1, 0.15) is 0 Å². The maximum absolute atomic E-state index is 4.52. The third-order valence-corrected chi connectivity index (χ3v) is 5.24. The normalized spacial score (nSPS) is 23.3. The van der Waals surface area contributed by atoms with Crippen molar-refractivity contribution in [3.05, 3.63) is 55.7 Å². The molecule has 0 amide bonds. The number of fused-ring (bicyclic) bond motifs is 2. The van der Waals surface area contributed by atoms with Crippen LogP contribution in [-0.2, 0) is 0 Å². The lowest BCUT2D eigenvalue weighted by atomic mass is 9.98. The first-order valence-electron chi connectivity index (χ1n) is 8.77. The van der Waals surface area contributed by atoms with E-state index in [0.29, 0.717) is 0 Å². The highest BCUT2D eigenvalue weighted by Crippen LogP contribution is 2.27. The first-order valence-corrected chi connectivity index (χ1v) is 8.77. The Labute approximate surface area is 146 Å². The lowest BCUT2D eigenvalue weighted by molar-refractivity contribution is 0.201. The van der Waals surface area contributed by atoms with Gasteiger partial charge in [-0.15, -0.1) is 0 Å². The van der Waals surface area contributed by atoms with Crippen LogP contribution in [0.2, 0.25) is 0 Å². The van der Waals surface area contributed by atoms with Crippen molar-refractivity contribution in [1.82, 2.24) is 9.88 Å². The summed E-state index contributed by atoms with van der Waals surface area (Å²) >= 11 is 0. The summed E-state index contributed by atoms with van der Waals surface area (Å²) < 4.78 is 0. The van der Waals surface area contributed by atoms with Gasteiger partial charge in [0.05, 0.1) is 11.9 Å². The number of rotatable bonds is 2. The van der Waals surface area contributed by atoms with Crippen LogP contribution in [-0.4, -0.2) is 42.6 Å².